The molecule has 0 aliphatic carbocycles. The Morgan fingerprint density at radius 2 is 2.04 bits per heavy atom. The van der Waals surface area contributed by atoms with Gasteiger partial charge < -0.3 is 14.4 Å². The van der Waals surface area contributed by atoms with Crippen molar-refractivity contribution < 1.29 is 22.7 Å². The minimum Gasteiger partial charge on any atom is -0.494 e. The maximum absolute atomic E-state index is 12.7. The first-order valence-corrected chi connectivity index (χ1v) is 10.5. The van der Waals surface area contributed by atoms with Crippen LogP contribution in [0.4, 0.5) is 0 Å². The Morgan fingerprint density at radius 3 is 2.67 bits per heavy atom. The van der Waals surface area contributed by atoms with Gasteiger partial charge in [-0.15, -0.1) is 0 Å². The topological polar surface area (TPSA) is 88.2 Å². The molecule has 0 saturated carbocycles. The number of benzene rings is 1. The van der Waals surface area contributed by atoms with Crippen molar-refractivity contribution in [3.05, 3.63) is 29.8 Å². The van der Waals surface area contributed by atoms with E-state index in [9.17, 15) is 13.2 Å². The van der Waals surface area contributed by atoms with Crippen molar-refractivity contribution in [3.8, 4) is 5.75 Å². The van der Waals surface area contributed by atoms with Crippen LogP contribution in [0.2, 0.25) is 0 Å². The predicted molar refractivity (Wildman–Crippen MR) is 103 cm³/mol. The Balaban J connectivity index is 1.92. The van der Waals surface area contributed by atoms with Crippen molar-refractivity contribution in [1.82, 2.24) is 13.9 Å². The van der Waals surface area contributed by atoms with E-state index in [2.05, 4.69) is 4.72 Å². The summed E-state index contributed by atoms with van der Waals surface area (Å²) in [7, 11) is -0.525. The fraction of sp³-hybridized carbons (Fsp3) is 0.611. The van der Waals surface area contributed by atoms with E-state index in [0.29, 0.717) is 39.2 Å². The summed E-state index contributed by atoms with van der Waals surface area (Å²) in [6.45, 7) is 4.20. The molecule has 0 aromatic heterocycles. The Labute approximate surface area is 161 Å². The predicted octanol–water partition coefficient (Wildman–Crippen LogP) is 0.641. The van der Waals surface area contributed by atoms with Gasteiger partial charge in [0.15, 0.2) is 0 Å². The molecule has 1 aliphatic heterocycles. The molecule has 1 fully saturated rings. The van der Waals surface area contributed by atoms with Gasteiger partial charge in [0.25, 0.3) is 10.2 Å². The fourth-order valence-corrected chi connectivity index (χ4v) is 3.49. The summed E-state index contributed by atoms with van der Waals surface area (Å²) in [4.78, 5) is 14.5. The standard InChI is InChI=1S/C18H29N3O5S/c1-4-26-17-7-5-15(6-8-17)13-18(22)21-11-12-25-14-16(21)9-10-19-27(23,24)20(2)3/h5-8,16,19H,4,9-14H2,1-3H3. The minimum absolute atomic E-state index is 0.0166. The lowest BCUT2D eigenvalue weighted by molar-refractivity contribution is -0.139. The average Bonchev–Trinajstić information content (AvgIpc) is 2.63. The number of morpholine rings is 1. The highest BCUT2D eigenvalue weighted by atomic mass is 32.2. The Hall–Kier alpha value is -1.68. The molecule has 0 spiro atoms. The van der Waals surface area contributed by atoms with Crippen LogP contribution < -0.4 is 9.46 Å². The summed E-state index contributed by atoms with van der Waals surface area (Å²) in [6.07, 6.45) is 0.800. The molecule has 1 N–H and O–H groups in total. The van der Waals surface area contributed by atoms with Gasteiger partial charge in [-0.05, 0) is 31.0 Å². The number of carbonyl (C=O) groups excluding carboxylic acids is 1. The van der Waals surface area contributed by atoms with Crippen LogP contribution in [0.15, 0.2) is 24.3 Å². The highest BCUT2D eigenvalue weighted by Gasteiger charge is 2.27. The molecular weight excluding hydrogens is 370 g/mol. The first-order valence-electron chi connectivity index (χ1n) is 9.09. The summed E-state index contributed by atoms with van der Waals surface area (Å²) >= 11 is 0. The van der Waals surface area contributed by atoms with Crippen molar-refractivity contribution in [2.24, 2.45) is 0 Å². The molecule has 1 saturated heterocycles. The van der Waals surface area contributed by atoms with Gasteiger partial charge in [0.2, 0.25) is 5.91 Å². The lowest BCUT2D eigenvalue weighted by atomic mass is 10.1. The van der Waals surface area contributed by atoms with Crippen LogP contribution in [0.5, 0.6) is 5.75 Å². The number of carbonyl (C=O) groups is 1. The summed E-state index contributed by atoms with van der Waals surface area (Å²) in [5, 5.41) is 0. The molecule has 1 aromatic carbocycles. The third-order valence-electron chi connectivity index (χ3n) is 4.38. The van der Waals surface area contributed by atoms with E-state index in [1.807, 2.05) is 31.2 Å². The molecule has 152 valence electrons. The van der Waals surface area contributed by atoms with Crippen LogP contribution in [0.1, 0.15) is 18.9 Å². The summed E-state index contributed by atoms with van der Waals surface area (Å²) < 4.78 is 38.1. The largest absolute Gasteiger partial charge is 0.494 e. The Morgan fingerprint density at radius 1 is 1.33 bits per heavy atom. The SMILES string of the molecule is CCOc1ccc(CC(=O)N2CCOCC2CCNS(=O)(=O)N(C)C)cc1. The van der Waals surface area contributed by atoms with Crippen LogP contribution in [0.25, 0.3) is 0 Å². The minimum atomic E-state index is -3.47. The van der Waals surface area contributed by atoms with E-state index >= 15 is 0 Å². The van der Waals surface area contributed by atoms with Crippen molar-refractivity contribution in [1.29, 1.82) is 0 Å². The maximum atomic E-state index is 12.7. The van der Waals surface area contributed by atoms with Crippen LogP contribution in [-0.2, 0) is 26.2 Å². The highest BCUT2D eigenvalue weighted by molar-refractivity contribution is 7.87. The second kappa shape index (κ2) is 10.0. The molecule has 2 rings (SSSR count). The normalized spacial score (nSPS) is 17.9. The summed E-state index contributed by atoms with van der Waals surface area (Å²) in [5.41, 5.74) is 0.919. The second-order valence-corrected chi connectivity index (χ2v) is 8.51. The molecule has 1 amide bonds. The second-order valence-electron chi connectivity index (χ2n) is 6.54. The van der Waals surface area contributed by atoms with Crippen LogP contribution in [-0.4, -0.2) is 76.6 Å². The van der Waals surface area contributed by atoms with E-state index in [4.69, 9.17) is 9.47 Å². The molecule has 1 aromatic rings. The van der Waals surface area contributed by atoms with Crippen LogP contribution in [0, 0.1) is 0 Å². The number of hydrogen-bond acceptors (Lipinski definition) is 5. The van der Waals surface area contributed by atoms with Crippen LogP contribution in [0.3, 0.4) is 0 Å². The molecule has 8 nitrogen and oxygen atoms in total. The highest BCUT2D eigenvalue weighted by Crippen LogP contribution is 2.16. The molecule has 1 atom stereocenters. The average molecular weight is 400 g/mol. The maximum Gasteiger partial charge on any atom is 0.278 e. The number of ether oxygens (including phenoxy) is 2. The number of hydrogen-bond donors (Lipinski definition) is 1. The van der Waals surface area contributed by atoms with E-state index in [1.54, 1.807) is 4.90 Å². The molecule has 27 heavy (non-hydrogen) atoms. The zero-order valence-electron chi connectivity index (χ0n) is 16.2. The monoisotopic (exact) mass is 399 g/mol. The molecule has 9 heteroatoms. The Bertz CT molecular complexity index is 706. The van der Waals surface area contributed by atoms with Gasteiger partial charge >= 0.3 is 0 Å². The van der Waals surface area contributed by atoms with Gasteiger partial charge in [-0.1, -0.05) is 12.1 Å². The summed E-state index contributed by atoms with van der Waals surface area (Å²) in [5.74, 6) is 0.800. The quantitative estimate of drug-likeness (QED) is 0.658. The zero-order chi connectivity index (χ0) is 19.9. The van der Waals surface area contributed by atoms with E-state index < -0.39 is 10.2 Å². The van der Waals surface area contributed by atoms with Gasteiger partial charge in [0.1, 0.15) is 5.75 Å². The van der Waals surface area contributed by atoms with E-state index in [1.165, 1.54) is 14.1 Å². The van der Waals surface area contributed by atoms with Gasteiger partial charge in [0, 0.05) is 27.2 Å². The van der Waals surface area contributed by atoms with E-state index in [0.717, 1.165) is 15.6 Å². The third-order valence-corrected chi connectivity index (χ3v) is 5.91. The lowest BCUT2D eigenvalue weighted by Crippen LogP contribution is -2.50. The first-order chi connectivity index (χ1) is 12.8. The molecular formula is C18H29N3O5S. The zero-order valence-corrected chi connectivity index (χ0v) is 17.0. The lowest BCUT2D eigenvalue weighted by Gasteiger charge is -2.36. The third kappa shape index (κ3) is 6.46. The smallest absolute Gasteiger partial charge is 0.278 e. The number of nitrogens with one attached hydrogen (secondary N) is 1. The Kier molecular flexibility index (Phi) is 8.03. The molecule has 1 unspecified atom stereocenters. The van der Waals surface area contributed by atoms with Gasteiger partial charge in [-0.25, -0.2) is 4.72 Å². The number of amides is 1. The van der Waals surface area contributed by atoms with Gasteiger partial charge in [-0.2, -0.15) is 12.7 Å². The number of rotatable bonds is 9. The van der Waals surface area contributed by atoms with Crippen molar-refractivity contribution in [3.63, 3.8) is 0 Å². The fourth-order valence-electron chi connectivity index (χ4n) is 2.85. The van der Waals surface area contributed by atoms with Crippen molar-refractivity contribution in [2.75, 3.05) is 47.0 Å². The molecule has 1 heterocycles. The van der Waals surface area contributed by atoms with Gasteiger partial charge in [0.05, 0.1) is 32.3 Å². The molecule has 1 aliphatic rings. The van der Waals surface area contributed by atoms with Crippen molar-refractivity contribution >= 4 is 16.1 Å². The van der Waals surface area contributed by atoms with Gasteiger partial charge in [-0.3, -0.25) is 4.79 Å². The van der Waals surface area contributed by atoms with E-state index in [-0.39, 0.29) is 18.5 Å². The molecule has 0 radical (unpaired) electrons. The van der Waals surface area contributed by atoms with Crippen LogP contribution >= 0.6 is 0 Å². The summed E-state index contributed by atoms with van der Waals surface area (Å²) in [6, 6.07) is 7.36. The number of nitrogens with zero attached hydrogens (tertiary/aromatic N) is 2. The molecule has 0 bridgehead atoms. The van der Waals surface area contributed by atoms with Crippen molar-refractivity contribution in [2.45, 2.75) is 25.8 Å². The first kappa shape index (κ1) is 21.6.